The molecule has 1 saturated heterocycles. The SMILES string of the molecule is CO/N=C(/C(=O)NC1C(=O)N2C(C(=O)O)=C(/C=C/c3ccc([N+](=O)[O-])o3)CS[C@H]12)c1csc(N)n1. The minimum atomic E-state index is -1.34. The molecule has 0 spiro atoms. The van der Waals surface area contributed by atoms with Gasteiger partial charge in [0.1, 0.15) is 40.6 Å². The number of hydrogen-bond donors (Lipinski definition) is 3. The van der Waals surface area contributed by atoms with Gasteiger partial charge in [-0.25, -0.2) is 9.78 Å². The van der Waals surface area contributed by atoms with Crippen molar-refractivity contribution in [2.24, 2.45) is 5.16 Å². The number of nitrogens with one attached hydrogen (secondary N) is 1. The second-order valence-corrected chi connectivity index (χ2v) is 8.99. The third-order valence-electron chi connectivity index (χ3n) is 4.89. The highest BCUT2D eigenvalue weighted by Crippen LogP contribution is 2.41. The summed E-state index contributed by atoms with van der Waals surface area (Å²) >= 11 is 2.34. The summed E-state index contributed by atoms with van der Waals surface area (Å²) in [5.41, 5.74) is 5.65. The van der Waals surface area contributed by atoms with Gasteiger partial charge in [0.25, 0.3) is 11.8 Å². The van der Waals surface area contributed by atoms with Crippen molar-refractivity contribution in [1.82, 2.24) is 15.2 Å². The molecule has 0 aromatic carbocycles. The molecule has 2 aromatic rings. The molecule has 2 atom stereocenters. The number of carbonyl (C=O) groups is 3. The van der Waals surface area contributed by atoms with Crippen molar-refractivity contribution in [2.75, 3.05) is 18.6 Å². The average Bonchev–Trinajstić information content (AvgIpc) is 3.47. The second-order valence-electron chi connectivity index (χ2n) is 7.00. The highest BCUT2D eigenvalue weighted by atomic mass is 32.2. The van der Waals surface area contributed by atoms with Crippen LogP contribution in [0.1, 0.15) is 11.5 Å². The predicted molar refractivity (Wildman–Crippen MR) is 124 cm³/mol. The number of allylic oxidation sites excluding steroid dienone is 1. The van der Waals surface area contributed by atoms with Gasteiger partial charge in [-0.3, -0.25) is 24.6 Å². The number of β-lactam (4-membered cyclic amide) rings is 1. The van der Waals surface area contributed by atoms with E-state index in [1.807, 2.05) is 0 Å². The summed E-state index contributed by atoms with van der Waals surface area (Å²) in [7, 11) is 1.25. The Morgan fingerprint density at radius 2 is 2.23 bits per heavy atom. The van der Waals surface area contributed by atoms with Crippen LogP contribution in [0.2, 0.25) is 0 Å². The number of carbonyl (C=O) groups excluding carboxylic acids is 2. The number of oxime groups is 1. The molecule has 1 fully saturated rings. The van der Waals surface area contributed by atoms with E-state index >= 15 is 0 Å². The van der Waals surface area contributed by atoms with E-state index in [1.54, 1.807) is 0 Å². The molecule has 2 aliphatic heterocycles. The quantitative estimate of drug-likeness (QED) is 0.194. The normalized spacial score (nSPS) is 20.0. The van der Waals surface area contributed by atoms with E-state index in [2.05, 4.69) is 15.5 Å². The van der Waals surface area contributed by atoms with E-state index in [9.17, 15) is 29.6 Å². The Morgan fingerprint density at radius 3 is 2.83 bits per heavy atom. The number of fused-ring (bicyclic) bond motifs is 1. The molecule has 2 aromatic heterocycles. The molecule has 2 amide bonds. The Bertz CT molecular complexity index is 1310. The fourth-order valence-electron chi connectivity index (χ4n) is 3.39. The Balaban J connectivity index is 1.52. The van der Waals surface area contributed by atoms with Crippen molar-refractivity contribution in [3.8, 4) is 0 Å². The maximum Gasteiger partial charge on any atom is 0.433 e. The molecule has 4 N–H and O–H groups in total. The highest BCUT2D eigenvalue weighted by molar-refractivity contribution is 8.00. The molecule has 0 bridgehead atoms. The molecule has 14 nitrogen and oxygen atoms in total. The first-order valence-electron chi connectivity index (χ1n) is 9.68. The first-order chi connectivity index (χ1) is 16.7. The van der Waals surface area contributed by atoms with Gasteiger partial charge in [0.05, 0.1) is 6.07 Å². The second kappa shape index (κ2) is 9.59. The summed E-state index contributed by atoms with van der Waals surface area (Å²) < 4.78 is 5.03. The summed E-state index contributed by atoms with van der Waals surface area (Å²) in [5, 5.41) is 27.8. The van der Waals surface area contributed by atoms with E-state index in [4.69, 9.17) is 15.0 Å². The number of nitrogens with two attached hydrogens (primary N) is 1. The monoisotopic (exact) mass is 520 g/mol. The fraction of sp³-hybridized carbons (Fsp3) is 0.211. The van der Waals surface area contributed by atoms with Crippen LogP contribution in [0.3, 0.4) is 0 Å². The van der Waals surface area contributed by atoms with Gasteiger partial charge in [-0.1, -0.05) is 11.2 Å². The van der Waals surface area contributed by atoms with Crippen LogP contribution in [0.25, 0.3) is 6.08 Å². The van der Waals surface area contributed by atoms with Gasteiger partial charge < -0.3 is 25.4 Å². The molecule has 0 saturated carbocycles. The number of carboxylic acid groups (broad SMARTS) is 1. The molecular formula is C19H16N6O8S2. The van der Waals surface area contributed by atoms with Crippen LogP contribution in [0.15, 0.2) is 44.4 Å². The molecule has 35 heavy (non-hydrogen) atoms. The molecule has 1 unspecified atom stereocenters. The molecule has 4 heterocycles. The van der Waals surface area contributed by atoms with E-state index in [0.29, 0.717) is 5.57 Å². The Labute approximate surface area is 204 Å². The van der Waals surface area contributed by atoms with Crippen molar-refractivity contribution in [2.45, 2.75) is 11.4 Å². The maximum atomic E-state index is 12.8. The number of rotatable bonds is 8. The Morgan fingerprint density at radius 1 is 1.46 bits per heavy atom. The minimum absolute atomic E-state index is 0.147. The van der Waals surface area contributed by atoms with Gasteiger partial charge in [-0.2, -0.15) is 0 Å². The van der Waals surface area contributed by atoms with Crippen molar-refractivity contribution in [3.63, 3.8) is 0 Å². The van der Waals surface area contributed by atoms with Crippen molar-refractivity contribution in [1.29, 1.82) is 0 Å². The van der Waals surface area contributed by atoms with Crippen LogP contribution in [-0.4, -0.2) is 67.7 Å². The van der Waals surface area contributed by atoms with Crippen molar-refractivity contribution in [3.05, 3.63) is 56.4 Å². The number of nitrogens with zero attached hydrogens (tertiary/aromatic N) is 4. The summed E-state index contributed by atoms with van der Waals surface area (Å²) in [6.07, 6.45) is 2.80. The van der Waals surface area contributed by atoms with Crippen molar-refractivity contribution >= 4 is 63.7 Å². The average molecular weight is 521 g/mol. The van der Waals surface area contributed by atoms with Crippen molar-refractivity contribution < 1.29 is 33.7 Å². The number of furan rings is 1. The smallest absolute Gasteiger partial charge is 0.433 e. The summed E-state index contributed by atoms with van der Waals surface area (Å²) in [6, 6.07) is 1.54. The van der Waals surface area contributed by atoms with Gasteiger partial charge in [-0.15, -0.1) is 23.1 Å². The fourth-order valence-corrected chi connectivity index (χ4v) is 5.25. The summed E-state index contributed by atoms with van der Waals surface area (Å²) in [6.45, 7) is 0. The van der Waals surface area contributed by atoms with Crippen LogP contribution in [-0.2, 0) is 19.2 Å². The third-order valence-corrected chi connectivity index (χ3v) is 6.87. The molecule has 0 aliphatic carbocycles. The zero-order chi connectivity index (χ0) is 25.3. The number of thioether (sulfide) groups is 1. The number of nitro groups is 1. The number of aliphatic carboxylic acids is 1. The number of hydrogen-bond acceptors (Lipinski definition) is 12. The van der Waals surface area contributed by atoms with E-state index < -0.39 is 40.0 Å². The van der Waals surface area contributed by atoms with E-state index in [1.165, 1.54) is 48.5 Å². The lowest BCUT2D eigenvalue weighted by Gasteiger charge is -2.49. The Kier molecular flexibility index (Phi) is 6.57. The highest BCUT2D eigenvalue weighted by Gasteiger charge is 2.54. The molecule has 2 aliphatic rings. The van der Waals surface area contributed by atoms with Gasteiger partial charge in [0.2, 0.25) is 0 Å². The lowest BCUT2D eigenvalue weighted by atomic mass is 10.0. The Hall–Kier alpha value is -4.18. The molecular weight excluding hydrogens is 504 g/mol. The molecule has 182 valence electrons. The van der Waals surface area contributed by atoms with Gasteiger partial charge >= 0.3 is 11.9 Å². The van der Waals surface area contributed by atoms with Gasteiger partial charge in [-0.05, 0) is 17.7 Å². The first-order valence-corrected chi connectivity index (χ1v) is 11.6. The van der Waals surface area contributed by atoms with Gasteiger partial charge in [0, 0.05) is 11.1 Å². The lowest BCUT2D eigenvalue weighted by molar-refractivity contribution is -0.402. The van der Waals surface area contributed by atoms with E-state index in [0.717, 1.165) is 16.2 Å². The minimum Gasteiger partial charge on any atom is -0.477 e. The maximum absolute atomic E-state index is 12.8. The largest absolute Gasteiger partial charge is 0.477 e. The summed E-state index contributed by atoms with van der Waals surface area (Å²) in [4.78, 5) is 57.4. The van der Waals surface area contributed by atoms with E-state index in [-0.39, 0.29) is 33.7 Å². The number of thiazole rings is 1. The van der Waals surface area contributed by atoms with Crippen LogP contribution in [0, 0.1) is 10.1 Å². The van der Waals surface area contributed by atoms with Gasteiger partial charge in [0.15, 0.2) is 10.8 Å². The van der Waals surface area contributed by atoms with Crippen LogP contribution in [0.5, 0.6) is 0 Å². The zero-order valence-corrected chi connectivity index (χ0v) is 19.4. The van der Waals surface area contributed by atoms with Crippen LogP contribution >= 0.6 is 23.1 Å². The zero-order valence-electron chi connectivity index (χ0n) is 17.7. The predicted octanol–water partition coefficient (Wildman–Crippen LogP) is 1.03. The van der Waals surface area contributed by atoms with Crippen LogP contribution in [0.4, 0.5) is 11.0 Å². The summed E-state index contributed by atoms with van der Waals surface area (Å²) in [5.74, 6) is -2.80. The van der Waals surface area contributed by atoms with Crippen LogP contribution < -0.4 is 11.1 Å². The number of carboxylic acids is 1. The molecule has 16 heteroatoms. The lowest BCUT2D eigenvalue weighted by Crippen LogP contribution is -2.71. The standard InChI is InChI=1S/C19H16N6O8S2/c1-32-23-12(10-7-35-19(20)21-10)15(26)22-13-16(27)24-14(18(28)29)8(6-34-17(13)24)2-3-9-4-5-11(33-9)25(30)31/h2-5,7,13,17H,6H2,1H3,(H2,20,21)(H,22,26)(H,28,29)/b3-2+,23-12+/t13?,17-/m1/s1. The third kappa shape index (κ3) is 4.60. The molecule has 4 rings (SSSR count). The molecule has 0 radical (unpaired) electrons. The topological polar surface area (TPSA) is 203 Å². The number of aromatic nitrogens is 1. The number of amides is 2. The first kappa shape index (κ1) is 24.0. The number of anilines is 1. The number of nitrogen functional groups attached to an aromatic ring is 1.